The molecule has 1 unspecified atom stereocenters. The molecule has 1 atom stereocenters. The summed E-state index contributed by atoms with van der Waals surface area (Å²) >= 11 is 0. The van der Waals surface area contributed by atoms with Gasteiger partial charge in [0, 0.05) is 11.4 Å². The minimum absolute atomic E-state index is 0.306. The molecule has 3 aromatic rings. The summed E-state index contributed by atoms with van der Waals surface area (Å²) in [6, 6.07) is 11.6. The average molecular weight is 253 g/mol. The van der Waals surface area contributed by atoms with E-state index in [1.807, 2.05) is 54.6 Å². The maximum atomic E-state index is 6.28. The van der Waals surface area contributed by atoms with Crippen LogP contribution in [-0.4, -0.2) is 19.6 Å². The molecule has 2 N–H and O–H groups in total. The fraction of sp³-hybridized carbons (Fsp3) is 0.214. The Labute approximate surface area is 111 Å². The van der Waals surface area contributed by atoms with Gasteiger partial charge in [0.05, 0.1) is 6.04 Å². The summed E-state index contributed by atoms with van der Waals surface area (Å²) in [7, 11) is 0. The Kier molecular flexibility index (Phi) is 2.76. The Hall–Kier alpha value is -2.27. The predicted molar refractivity (Wildman–Crippen MR) is 72.7 cm³/mol. The number of rotatable bonds is 2. The highest BCUT2D eigenvalue weighted by Gasteiger charge is 2.17. The standard InChI is InChI=1S/C14H15N5/c1-9-8-10(2)19-13(17-18-14(19)16-9)12(15)11-6-4-3-5-7-11/h3-8,12H,15H2,1-2H3. The predicted octanol–water partition coefficient (Wildman–Crippen LogP) is 1.79. The fourth-order valence-electron chi connectivity index (χ4n) is 2.27. The maximum Gasteiger partial charge on any atom is 0.255 e. The number of nitrogens with two attached hydrogens (primary N) is 1. The van der Waals surface area contributed by atoms with Crippen LogP contribution < -0.4 is 5.73 Å². The van der Waals surface area contributed by atoms with Crippen LogP contribution in [0.5, 0.6) is 0 Å². The van der Waals surface area contributed by atoms with Gasteiger partial charge in [-0.3, -0.25) is 4.40 Å². The molecule has 0 aliphatic carbocycles. The van der Waals surface area contributed by atoms with Crippen molar-refractivity contribution in [1.82, 2.24) is 19.6 Å². The van der Waals surface area contributed by atoms with Crippen LogP contribution in [0.3, 0.4) is 0 Å². The van der Waals surface area contributed by atoms with E-state index in [4.69, 9.17) is 5.73 Å². The first-order valence-corrected chi connectivity index (χ1v) is 6.16. The van der Waals surface area contributed by atoms with Gasteiger partial charge >= 0.3 is 0 Å². The summed E-state index contributed by atoms with van der Waals surface area (Å²) in [5.74, 6) is 1.31. The number of aryl methyl sites for hydroxylation is 2. The van der Waals surface area contributed by atoms with E-state index in [-0.39, 0.29) is 6.04 Å². The van der Waals surface area contributed by atoms with Crippen LogP contribution in [0.25, 0.3) is 5.78 Å². The number of hydrogen-bond acceptors (Lipinski definition) is 4. The van der Waals surface area contributed by atoms with Crippen molar-refractivity contribution in [3.05, 3.63) is 59.2 Å². The van der Waals surface area contributed by atoms with Crippen molar-refractivity contribution in [1.29, 1.82) is 0 Å². The summed E-state index contributed by atoms with van der Waals surface area (Å²) < 4.78 is 1.91. The first kappa shape index (κ1) is 11.8. The summed E-state index contributed by atoms with van der Waals surface area (Å²) in [5, 5.41) is 8.31. The maximum absolute atomic E-state index is 6.28. The molecule has 2 aromatic heterocycles. The van der Waals surface area contributed by atoms with Gasteiger partial charge in [0.1, 0.15) is 0 Å². The van der Waals surface area contributed by atoms with Crippen LogP contribution in [-0.2, 0) is 0 Å². The summed E-state index contributed by atoms with van der Waals surface area (Å²) in [4.78, 5) is 4.37. The van der Waals surface area contributed by atoms with Crippen molar-refractivity contribution >= 4 is 5.78 Å². The van der Waals surface area contributed by atoms with Crippen molar-refractivity contribution in [2.75, 3.05) is 0 Å². The molecule has 0 saturated heterocycles. The van der Waals surface area contributed by atoms with Crippen LogP contribution >= 0.6 is 0 Å². The molecule has 0 aliphatic heterocycles. The molecule has 0 aliphatic rings. The largest absolute Gasteiger partial charge is 0.318 e. The Balaban J connectivity index is 2.16. The van der Waals surface area contributed by atoms with Crippen LogP contribution in [0.1, 0.15) is 28.8 Å². The average Bonchev–Trinajstić information content (AvgIpc) is 2.83. The van der Waals surface area contributed by atoms with Gasteiger partial charge in [-0.15, -0.1) is 10.2 Å². The van der Waals surface area contributed by atoms with Crippen molar-refractivity contribution in [3.8, 4) is 0 Å². The zero-order valence-corrected chi connectivity index (χ0v) is 10.9. The van der Waals surface area contributed by atoms with E-state index >= 15 is 0 Å². The van der Waals surface area contributed by atoms with Crippen LogP contribution in [0.2, 0.25) is 0 Å². The van der Waals surface area contributed by atoms with Gasteiger partial charge in [0.25, 0.3) is 5.78 Å². The third-order valence-electron chi connectivity index (χ3n) is 3.15. The topological polar surface area (TPSA) is 69.1 Å². The molecule has 0 saturated carbocycles. The van der Waals surface area contributed by atoms with E-state index in [2.05, 4.69) is 15.2 Å². The highest BCUT2D eigenvalue weighted by atomic mass is 15.3. The molecular formula is C14H15N5. The Morgan fingerprint density at radius 1 is 1.11 bits per heavy atom. The first-order chi connectivity index (χ1) is 9.16. The summed E-state index contributed by atoms with van der Waals surface area (Å²) in [6.07, 6.45) is 0. The van der Waals surface area contributed by atoms with E-state index in [1.165, 1.54) is 0 Å². The minimum atomic E-state index is -0.306. The van der Waals surface area contributed by atoms with Gasteiger partial charge in [-0.25, -0.2) is 4.98 Å². The fourth-order valence-corrected chi connectivity index (χ4v) is 2.27. The molecule has 0 spiro atoms. The van der Waals surface area contributed by atoms with Crippen molar-refractivity contribution in [2.45, 2.75) is 19.9 Å². The first-order valence-electron chi connectivity index (χ1n) is 6.16. The minimum Gasteiger partial charge on any atom is -0.318 e. The Morgan fingerprint density at radius 2 is 1.84 bits per heavy atom. The zero-order chi connectivity index (χ0) is 13.4. The van der Waals surface area contributed by atoms with Crippen LogP contribution in [0, 0.1) is 13.8 Å². The molecular weight excluding hydrogens is 238 g/mol. The van der Waals surface area contributed by atoms with E-state index in [9.17, 15) is 0 Å². The highest BCUT2D eigenvalue weighted by Crippen LogP contribution is 2.19. The second-order valence-electron chi connectivity index (χ2n) is 4.62. The molecule has 1 aromatic carbocycles. The third-order valence-corrected chi connectivity index (χ3v) is 3.15. The van der Waals surface area contributed by atoms with Gasteiger partial charge < -0.3 is 5.73 Å². The Bertz CT molecular complexity index is 717. The van der Waals surface area contributed by atoms with E-state index in [0.29, 0.717) is 11.6 Å². The SMILES string of the molecule is Cc1cc(C)n2c(C(N)c3ccccc3)nnc2n1. The molecule has 0 amide bonds. The number of aromatic nitrogens is 4. The van der Waals surface area contributed by atoms with Gasteiger partial charge in [-0.05, 0) is 25.5 Å². The van der Waals surface area contributed by atoms with Gasteiger partial charge in [-0.2, -0.15) is 0 Å². The second-order valence-corrected chi connectivity index (χ2v) is 4.62. The lowest BCUT2D eigenvalue weighted by Gasteiger charge is -2.11. The van der Waals surface area contributed by atoms with Gasteiger partial charge in [0.2, 0.25) is 0 Å². The van der Waals surface area contributed by atoms with Gasteiger partial charge in [0.15, 0.2) is 5.82 Å². The second kappa shape index (κ2) is 4.44. The molecule has 2 heterocycles. The van der Waals surface area contributed by atoms with Crippen LogP contribution in [0.4, 0.5) is 0 Å². The van der Waals surface area contributed by atoms with Crippen LogP contribution in [0.15, 0.2) is 36.4 Å². The van der Waals surface area contributed by atoms with E-state index in [1.54, 1.807) is 0 Å². The molecule has 3 rings (SSSR count). The van der Waals surface area contributed by atoms with Gasteiger partial charge in [-0.1, -0.05) is 30.3 Å². The number of nitrogens with zero attached hydrogens (tertiary/aromatic N) is 4. The van der Waals surface area contributed by atoms with E-state index < -0.39 is 0 Å². The number of benzene rings is 1. The third kappa shape index (κ3) is 1.98. The summed E-state index contributed by atoms with van der Waals surface area (Å²) in [5.41, 5.74) is 9.26. The molecule has 0 bridgehead atoms. The summed E-state index contributed by atoms with van der Waals surface area (Å²) in [6.45, 7) is 3.95. The molecule has 19 heavy (non-hydrogen) atoms. The number of fused-ring (bicyclic) bond motifs is 1. The van der Waals surface area contributed by atoms with E-state index in [0.717, 1.165) is 17.0 Å². The lowest BCUT2D eigenvalue weighted by atomic mass is 10.1. The zero-order valence-electron chi connectivity index (χ0n) is 10.9. The Morgan fingerprint density at radius 3 is 2.58 bits per heavy atom. The number of hydrogen-bond donors (Lipinski definition) is 1. The smallest absolute Gasteiger partial charge is 0.255 e. The lowest BCUT2D eigenvalue weighted by Crippen LogP contribution is -2.16. The normalized spacial score (nSPS) is 12.8. The molecule has 96 valence electrons. The highest BCUT2D eigenvalue weighted by molar-refractivity contribution is 5.35. The quantitative estimate of drug-likeness (QED) is 0.756. The molecule has 0 fully saturated rings. The van der Waals surface area contributed by atoms with Crippen molar-refractivity contribution < 1.29 is 0 Å². The monoisotopic (exact) mass is 253 g/mol. The molecule has 5 nitrogen and oxygen atoms in total. The van der Waals surface area contributed by atoms with Crippen molar-refractivity contribution in [3.63, 3.8) is 0 Å². The van der Waals surface area contributed by atoms with Crippen molar-refractivity contribution in [2.24, 2.45) is 5.73 Å². The molecule has 0 radical (unpaired) electrons. The molecule has 5 heteroatoms. The lowest BCUT2D eigenvalue weighted by molar-refractivity contribution is 0.756.